The van der Waals surface area contributed by atoms with E-state index < -0.39 is 11.6 Å². The lowest BCUT2D eigenvalue weighted by Crippen LogP contribution is -2.30. The van der Waals surface area contributed by atoms with Crippen molar-refractivity contribution in [1.29, 1.82) is 0 Å². The first kappa shape index (κ1) is 15.6. The lowest BCUT2D eigenvalue weighted by molar-refractivity contribution is 0.557. The Kier molecular flexibility index (Phi) is 5.00. The minimum absolute atomic E-state index is 0.102. The maximum atomic E-state index is 13.6. The van der Waals surface area contributed by atoms with Gasteiger partial charge in [0.1, 0.15) is 29.6 Å². The molecule has 1 aliphatic rings. The molecule has 6 heteroatoms. The Morgan fingerprint density at radius 2 is 1.78 bits per heavy atom. The number of hydrogen-bond acceptors (Lipinski definition) is 4. The van der Waals surface area contributed by atoms with E-state index in [-0.39, 0.29) is 12.0 Å². The highest BCUT2D eigenvalue weighted by Crippen LogP contribution is 2.19. The first-order valence-electron chi connectivity index (χ1n) is 7.98. The molecule has 0 saturated carbocycles. The highest BCUT2D eigenvalue weighted by molar-refractivity contribution is 5.48. The highest BCUT2D eigenvalue weighted by atomic mass is 19.1. The molecular weight excluding hydrogens is 298 g/mol. The van der Waals surface area contributed by atoms with E-state index in [2.05, 4.69) is 20.2 Å². The van der Waals surface area contributed by atoms with Gasteiger partial charge in [-0.25, -0.2) is 18.7 Å². The fourth-order valence-corrected chi connectivity index (χ4v) is 2.83. The Morgan fingerprint density at radius 3 is 2.52 bits per heavy atom. The summed E-state index contributed by atoms with van der Waals surface area (Å²) in [5.41, 5.74) is 0.102. The van der Waals surface area contributed by atoms with Gasteiger partial charge in [-0.15, -0.1) is 0 Å². The van der Waals surface area contributed by atoms with Crippen LogP contribution in [0.3, 0.4) is 0 Å². The Bertz CT molecular complexity index is 637. The molecular formula is C17H20F2N4. The van der Waals surface area contributed by atoms with Gasteiger partial charge in [0.25, 0.3) is 0 Å². The van der Waals surface area contributed by atoms with Gasteiger partial charge in [0.2, 0.25) is 0 Å². The molecule has 3 rings (SSSR count). The van der Waals surface area contributed by atoms with E-state index in [4.69, 9.17) is 0 Å². The standard InChI is InChI=1S/C17H20F2N4/c18-14-5-4-6-15(19)13(14)7-8-20-16-11-17(22-12-21-16)23-9-2-1-3-10-23/h4-6,11-12H,1-3,7-10H2,(H,20,21,22). The zero-order valence-corrected chi connectivity index (χ0v) is 12.9. The third-order valence-corrected chi connectivity index (χ3v) is 4.08. The molecule has 0 radical (unpaired) electrons. The molecule has 4 nitrogen and oxygen atoms in total. The topological polar surface area (TPSA) is 41.0 Å². The summed E-state index contributed by atoms with van der Waals surface area (Å²) in [5.74, 6) is 0.559. The van der Waals surface area contributed by atoms with Crippen molar-refractivity contribution in [3.63, 3.8) is 0 Å². The minimum atomic E-state index is -0.511. The number of piperidine rings is 1. The number of nitrogens with zero attached hydrogens (tertiary/aromatic N) is 3. The normalized spacial score (nSPS) is 14.8. The van der Waals surface area contributed by atoms with Crippen molar-refractivity contribution in [2.75, 3.05) is 29.9 Å². The minimum Gasteiger partial charge on any atom is -0.370 e. The molecule has 0 spiro atoms. The molecule has 1 fully saturated rings. The molecule has 1 aromatic carbocycles. The van der Waals surface area contributed by atoms with Crippen LogP contribution in [0.15, 0.2) is 30.6 Å². The average Bonchev–Trinajstić information content (AvgIpc) is 2.59. The van der Waals surface area contributed by atoms with E-state index >= 15 is 0 Å². The van der Waals surface area contributed by atoms with Crippen LogP contribution in [0.2, 0.25) is 0 Å². The molecule has 1 aliphatic heterocycles. The van der Waals surface area contributed by atoms with Crippen LogP contribution in [0.5, 0.6) is 0 Å². The monoisotopic (exact) mass is 318 g/mol. The fourth-order valence-electron chi connectivity index (χ4n) is 2.83. The molecule has 2 heterocycles. The maximum absolute atomic E-state index is 13.6. The lowest BCUT2D eigenvalue weighted by atomic mass is 10.1. The van der Waals surface area contributed by atoms with Crippen LogP contribution in [0, 0.1) is 11.6 Å². The van der Waals surface area contributed by atoms with Crippen LogP contribution in [0.25, 0.3) is 0 Å². The molecule has 1 aromatic heterocycles. The predicted octanol–water partition coefficient (Wildman–Crippen LogP) is 3.40. The summed E-state index contributed by atoms with van der Waals surface area (Å²) < 4.78 is 27.2. The second kappa shape index (κ2) is 7.35. The summed E-state index contributed by atoms with van der Waals surface area (Å²) in [6, 6.07) is 5.81. The molecule has 122 valence electrons. The Balaban J connectivity index is 1.60. The van der Waals surface area contributed by atoms with E-state index in [0.717, 1.165) is 18.9 Å². The summed E-state index contributed by atoms with van der Waals surface area (Å²) in [5, 5.41) is 3.12. The molecule has 0 aliphatic carbocycles. The van der Waals surface area contributed by atoms with E-state index in [9.17, 15) is 8.78 Å². The van der Waals surface area contributed by atoms with E-state index in [1.54, 1.807) is 0 Å². The van der Waals surface area contributed by atoms with Gasteiger partial charge in [-0.05, 0) is 37.8 Å². The third kappa shape index (κ3) is 3.94. The quantitative estimate of drug-likeness (QED) is 0.917. The van der Waals surface area contributed by atoms with Gasteiger partial charge in [-0.2, -0.15) is 0 Å². The molecule has 23 heavy (non-hydrogen) atoms. The Morgan fingerprint density at radius 1 is 1.04 bits per heavy atom. The molecule has 1 saturated heterocycles. The summed E-state index contributed by atoms with van der Waals surface area (Å²) in [7, 11) is 0. The van der Waals surface area contributed by atoms with Crippen molar-refractivity contribution >= 4 is 11.6 Å². The first-order chi connectivity index (χ1) is 11.2. The van der Waals surface area contributed by atoms with Gasteiger partial charge in [0.05, 0.1) is 0 Å². The number of aromatic nitrogens is 2. The van der Waals surface area contributed by atoms with Crippen LogP contribution < -0.4 is 10.2 Å². The van der Waals surface area contributed by atoms with Crippen LogP contribution >= 0.6 is 0 Å². The van der Waals surface area contributed by atoms with Crippen LogP contribution in [-0.2, 0) is 6.42 Å². The lowest BCUT2D eigenvalue weighted by Gasteiger charge is -2.27. The second-order valence-electron chi connectivity index (χ2n) is 5.69. The number of rotatable bonds is 5. The van der Waals surface area contributed by atoms with E-state index in [1.165, 1.54) is 43.8 Å². The largest absolute Gasteiger partial charge is 0.370 e. The van der Waals surface area contributed by atoms with Gasteiger partial charge >= 0.3 is 0 Å². The molecule has 0 atom stereocenters. The summed E-state index contributed by atoms with van der Waals surface area (Å²) in [6.45, 7) is 2.43. The zero-order chi connectivity index (χ0) is 16.1. The number of anilines is 2. The highest BCUT2D eigenvalue weighted by Gasteiger charge is 2.13. The number of benzene rings is 1. The summed E-state index contributed by atoms with van der Waals surface area (Å²) >= 11 is 0. The number of hydrogen-bond donors (Lipinski definition) is 1. The van der Waals surface area contributed by atoms with Crippen molar-refractivity contribution in [2.45, 2.75) is 25.7 Å². The van der Waals surface area contributed by atoms with Gasteiger partial charge in [-0.1, -0.05) is 6.07 Å². The Hall–Kier alpha value is -2.24. The smallest absolute Gasteiger partial charge is 0.134 e. The fraction of sp³-hybridized carbons (Fsp3) is 0.412. The maximum Gasteiger partial charge on any atom is 0.134 e. The van der Waals surface area contributed by atoms with Crippen molar-refractivity contribution in [1.82, 2.24) is 9.97 Å². The van der Waals surface area contributed by atoms with Gasteiger partial charge in [0, 0.05) is 31.3 Å². The summed E-state index contributed by atoms with van der Waals surface area (Å²) in [4.78, 5) is 10.7. The summed E-state index contributed by atoms with van der Waals surface area (Å²) in [6.07, 6.45) is 5.41. The molecule has 0 unspecified atom stereocenters. The van der Waals surface area contributed by atoms with Gasteiger partial charge in [0.15, 0.2) is 0 Å². The molecule has 2 aromatic rings. The van der Waals surface area contributed by atoms with Crippen molar-refractivity contribution < 1.29 is 8.78 Å². The van der Waals surface area contributed by atoms with Crippen molar-refractivity contribution in [3.8, 4) is 0 Å². The first-order valence-corrected chi connectivity index (χ1v) is 7.98. The van der Waals surface area contributed by atoms with Crippen molar-refractivity contribution in [2.24, 2.45) is 0 Å². The average molecular weight is 318 g/mol. The SMILES string of the molecule is Fc1cccc(F)c1CCNc1cc(N2CCCCC2)ncn1. The van der Waals surface area contributed by atoms with Crippen LogP contribution in [-0.4, -0.2) is 29.6 Å². The Labute approximate surface area is 134 Å². The molecule has 1 N–H and O–H groups in total. The third-order valence-electron chi connectivity index (χ3n) is 4.08. The van der Waals surface area contributed by atoms with Crippen LogP contribution in [0.4, 0.5) is 20.4 Å². The van der Waals surface area contributed by atoms with Crippen LogP contribution in [0.1, 0.15) is 24.8 Å². The molecule has 0 bridgehead atoms. The van der Waals surface area contributed by atoms with Crippen molar-refractivity contribution in [3.05, 3.63) is 47.8 Å². The number of nitrogens with one attached hydrogen (secondary N) is 1. The van der Waals surface area contributed by atoms with E-state index in [1.807, 2.05) is 6.07 Å². The van der Waals surface area contributed by atoms with E-state index in [0.29, 0.717) is 12.4 Å². The van der Waals surface area contributed by atoms with Gasteiger partial charge in [-0.3, -0.25) is 0 Å². The predicted molar refractivity (Wildman–Crippen MR) is 86.6 cm³/mol. The van der Waals surface area contributed by atoms with Gasteiger partial charge < -0.3 is 10.2 Å². The zero-order valence-electron chi connectivity index (χ0n) is 12.9. The second-order valence-corrected chi connectivity index (χ2v) is 5.69. The molecule has 0 amide bonds. The number of halogens is 2.